The summed E-state index contributed by atoms with van der Waals surface area (Å²) in [6.07, 6.45) is 5.36. The zero-order chi connectivity index (χ0) is 17.8. The molecule has 0 bridgehead atoms. The van der Waals surface area contributed by atoms with Gasteiger partial charge in [-0.05, 0) is 24.0 Å². The molecule has 0 aliphatic carbocycles. The van der Waals surface area contributed by atoms with Gasteiger partial charge in [-0.15, -0.1) is 0 Å². The number of piperazine rings is 1. The number of hydrogen-bond donors (Lipinski definition) is 2. The summed E-state index contributed by atoms with van der Waals surface area (Å²) in [5, 5.41) is 13.2. The number of benzene rings is 1. The maximum absolute atomic E-state index is 9.81. The quantitative estimate of drug-likeness (QED) is 0.869. The van der Waals surface area contributed by atoms with Crippen molar-refractivity contribution in [2.45, 2.75) is 25.5 Å². The lowest BCUT2D eigenvalue weighted by molar-refractivity contribution is 0.153. The van der Waals surface area contributed by atoms with E-state index in [-0.39, 0.29) is 6.10 Å². The van der Waals surface area contributed by atoms with E-state index in [2.05, 4.69) is 49.4 Å². The largest absolute Gasteiger partial charge is 0.391 e. The molecule has 2 fully saturated rings. The smallest absolute Gasteiger partial charge is 0.225 e. The Hall–Kier alpha value is -2.02. The maximum Gasteiger partial charge on any atom is 0.225 e. The van der Waals surface area contributed by atoms with Gasteiger partial charge in [0.1, 0.15) is 0 Å². The van der Waals surface area contributed by atoms with E-state index < -0.39 is 0 Å². The van der Waals surface area contributed by atoms with E-state index in [0.717, 1.165) is 63.2 Å². The van der Waals surface area contributed by atoms with Crippen molar-refractivity contribution in [2.24, 2.45) is 0 Å². The van der Waals surface area contributed by atoms with Gasteiger partial charge in [0.25, 0.3) is 0 Å². The minimum Gasteiger partial charge on any atom is -0.391 e. The molecule has 1 aromatic heterocycles. The van der Waals surface area contributed by atoms with Crippen molar-refractivity contribution in [3.63, 3.8) is 0 Å². The first-order valence-corrected chi connectivity index (χ1v) is 9.55. The molecular formula is C20H27N5O. The Morgan fingerprint density at radius 2 is 1.73 bits per heavy atom. The van der Waals surface area contributed by atoms with Crippen molar-refractivity contribution in [3.05, 3.63) is 42.2 Å². The number of rotatable bonds is 4. The fraction of sp³-hybridized carbons (Fsp3) is 0.500. The lowest BCUT2D eigenvalue weighted by Gasteiger charge is -2.29. The van der Waals surface area contributed by atoms with Gasteiger partial charge in [0.2, 0.25) is 5.95 Å². The monoisotopic (exact) mass is 353 g/mol. The fourth-order valence-corrected chi connectivity index (χ4v) is 3.70. The van der Waals surface area contributed by atoms with Gasteiger partial charge in [0.05, 0.1) is 6.10 Å². The minimum absolute atomic E-state index is 0.268. The van der Waals surface area contributed by atoms with Crippen LogP contribution in [0.25, 0.3) is 11.1 Å². The normalized spacial score (nSPS) is 21.7. The number of aliphatic hydroxyl groups is 1. The Morgan fingerprint density at radius 3 is 2.42 bits per heavy atom. The van der Waals surface area contributed by atoms with Gasteiger partial charge in [-0.3, -0.25) is 4.90 Å². The van der Waals surface area contributed by atoms with Crippen LogP contribution in [0.15, 0.2) is 36.7 Å². The van der Waals surface area contributed by atoms with E-state index >= 15 is 0 Å². The molecule has 2 aliphatic heterocycles. The van der Waals surface area contributed by atoms with Gasteiger partial charge in [-0.2, -0.15) is 0 Å². The second-order valence-electron chi connectivity index (χ2n) is 7.24. The Morgan fingerprint density at radius 1 is 1.00 bits per heavy atom. The molecule has 3 heterocycles. The van der Waals surface area contributed by atoms with Crippen LogP contribution in [-0.4, -0.2) is 65.3 Å². The van der Waals surface area contributed by atoms with Crippen LogP contribution in [0.4, 0.5) is 5.95 Å². The Balaban J connectivity index is 1.40. The van der Waals surface area contributed by atoms with Gasteiger partial charge in [-0.1, -0.05) is 24.3 Å². The second-order valence-corrected chi connectivity index (χ2v) is 7.24. The molecule has 1 atom stereocenters. The van der Waals surface area contributed by atoms with E-state index in [1.165, 1.54) is 5.56 Å². The third-order valence-corrected chi connectivity index (χ3v) is 5.22. The van der Waals surface area contributed by atoms with Crippen molar-refractivity contribution in [1.29, 1.82) is 0 Å². The number of β-amino-alcohol motifs (C(OH)–C–C–N with tert-alkyl or cyclic N) is 1. The molecule has 4 rings (SSSR count). The van der Waals surface area contributed by atoms with E-state index in [0.29, 0.717) is 12.5 Å². The van der Waals surface area contributed by atoms with E-state index in [1.807, 2.05) is 12.4 Å². The highest BCUT2D eigenvalue weighted by atomic mass is 16.3. The van der Waals surface area contributed by atoms with E-state index in [4.69, 9.17) is 0 Å². The van der Waals surface area contributed by atoms with E-state index in [1.54, 1.807) is 0 Å². The summed E-state index contributed by atoms with van der Waals surface area (Å²) >= 11 is 0. The first-order valence-electron chi connectivity index (χ1n) is 9.55. The van der Waals surface area contributed by atoms with Gasteiger partial charge in [-0.25, -0.2) is 9.97 Å². The van der Waals surface area contributed by atoms with E-state index in [9.17, 15) is 5.11 Å². The highest BCUT2D eigenvalue weighted by Crippen LogP contribution is 2.21. The van der Waals surface area contributed by atoms with Crippen LogP contribution < -0.4 is 10.2 Å². The second kappa shape index (κ2) is 8.12. The predicted octanol–water partition coefficient (Wildman–Crippen LogP) is 1.51. The molecular weight excluding hydrogens is 326 g/mol. The average molecular weight is 353 g/mol. The molecule has 2 aromatic rings. The molecule has 0 spiro atoms. The molecule has 0 amide bonds. The topological polar surface area (TPSA) is 64.5 Å². The molecule has 0 saturated carbocycles. The molecule has 6 nitrogen and oxygen atoms in total. The van der Waals surface area contributed by atoms with Crippen molar-refractivity contribution in [2.75, 3.05) is 44.2 Å². The Bertz CT molecular complexity index is 697. The molecule has 2 aliphatic rings. The molecule has 138 valence electrons. The lowest BCUT2D eigenvalue weighted by atomic mass is 10.1. The van der Waals surface area contributed by atoms with Crippen LogP contribution in [0.5, 0.6) is 0 Å². The maximum atomic E-state index is 9.81. The number of nitrogens with zero attached hydrogens (tertiary/aromatic N) is 4. The molecule has 0 radical (unpaired) electrons. The SMILES string of the molecule is OC1CCCN(c2ncc(-c3ccc(CN4CCNCC4)cc3)cn2)C1. The summed E-state index contributed by atoms with van der Waals surface area (Å²) in [6, 6.07) is 8.71. The first kappa shape index (κ1) is 17.4. The number of nitrogens with one attached hydrogen (secondary N) is 1. The van der Waals surface area contributed by atoms with Crippen molar-refractivity contribution in [1.82, 2.24) is 20.2 Å². The molecule has 1 aromatic carbocycles. The lowest BCUT2D eigenvalue weighted by Crippen LogP contribution is -2.42. The third kappa shape index (κ3) is 4.20. The molecule has 1 unspecified atom stereocenters. The van der Waals surface area contributed by atoms with Crippen LogP contribution in [0, 0.1) is 0 Å². The summed E-state index contributed by atoms with van der Waals surface area (Å²) in [5.41, 5.74) is 3.51. The zero-order valence-electron chi connectivity index (χ0n) is 15.1. The summed E-state index contributed by atoms with van der Waals surface area (Å²) < 4.78 is 0. The number of aliphatic hydroxyl groups excluding tert-OH is 1. The van der Waals surface area contributed by atoms with Crippen molar-refractivity contribution >= 4 is 5.95 Å². The van der Waals surface area contributed by atoms with Crippen LogP contribution in [0.1, 0.15) is 18.4 Å². The van der Waals surface area contributed by atoms with Crippen LogP contribution >= 0.6 is 0 Å². The summed E-state index contributed by atoms with van der Waals surface area (Å²) in [5.74, 6) is 0.711. The van der Waals surface area contributed by atoms with Crippen LogP contribution in [0.3, 0.4) is 0 Å². The highest BCUT2D eigenvalue weighted by molar-refractivity contribution is 5.62. The predicted molar refractivity (Wildman–Crippen MR) is 103 cm³/mol. The summed E-state index contributed by atoms with van der Waals surface area (Å²) in [6.45, 7) is 6.93. The minimum atomic E-state index is -0.268. The molecule has 6 heteroatoms. The van der Waals surface area contributed by atoms with Crippen LogP contribution in [-0.2, 0) is 6.54 Å². The van der Waals surface area contributed by atoms with Crippen LogP contribution in [0.2, 0.25) is 0 Å². The average Bonchev–Trinajstić information content (AvgIpc) is 2.70. The number of hydrogen-bond acceptors (Lipinski definition) is 6. The van der Waals surface area contributed by atoms with Crippen molar-refractivity contribution < 1.29 is 5.11 Å². The number of anilines is 1. The standard InChI is InChI=1S/C20H27N5O/c26-19-2-1-9-25(15-19)20-22-12-18(13-23-20)17-5-3-16(4-6-17)14-24-10-7-21-8-11-24/h3-6,12-13,19,21,26H,1-2,7-11,14-15H2. The van der Waals surface area contributed by atoms with Gasteiger partial charge < -0.3 is 15.3 Å². The van der Waals surface area contributed by atoms with Crippen molar-refractivity contribution in [3.8, 4) is 11.1 Å². The fourth-order valence-electron chi connectivity index (χ4n) is 3.70. The first-order chi connectivity index (χ1) is 12.8. The zero-order valence-corrected chi connectivity index (χ0v) is 15.1. The Labute approximate surface area is 154 Å². The number of piperidine rings is 1. The third-order valence-electron chi connectivity index (χ3n) is 5.22. The number of aromatic nitrogens is 2. The van der Waals surface area contributed by atoms with Gasteiger partial charge >= 0.3 is 0 Å². The summed E-state index contributed by atoms with van der Waals surface area (Å²) in [4.78, 5) is 13.6. The van der Waals surface area contributed by atoms with Gasteiger partial charge in [0, 0.05) is 63.8 Å². The highest BCUT2D eigenvalue weighted by Gasteiger charge is 2.19. The molecule has 2 saturated heterocycles. The van der Waals surface area contributed by atoms with Gasteiger partial charge in [0.15, 0.2) is 0 Å². The Kier molecular flexibility index (Phi) is 5.43. The molecule has 26 heavy (non-hydrogen) atoms. The molecule has 2 N–H and O–H groups in total. The summed E-state index contributed by atoms with van der Waals surface area (Å²) in [7, 11) is 0.